The molecule has 0 spiro atoms. The average Bonchev–Trinajstić information content (AvgIpc) is 2.68. The molecule has 0 radical (unpaired) electrons. The zero-order valence-corrected chi connectivity index (χ0v) is 15.6. The molecule has 1 amide bonds. The summed E-state index contributed by atoms with van der Waals surface area (Å²) in [6.45, 7) is 9.28. The van der Waals surface area contributed by atoms with Gasteiger partial charge in [0.2, 0.25) is 0 Å². The van der Waals surface area contributed by atoms with Gasteiger partial charge >= 0.3 is 6.09 Å². The highest BCUT2D eigenvalue weighted by atomic mass is 16.6. The summed E-state index contributed by atoms with van der Waals surface area (Å²) in [7, 11) is 0. The molecule has 7 nitrogen and oxygen atoms in total. The number of hydrogen-bond acceptors (Lipinski definition) is 6. The molecule has 1 aromatic heterocycles. The molecule has 2 fully saturated rings. The molecular formula is C19H27N5O2. The van der Waals surface area contributed by atoms with Crippen molar-refractivity contribution in [3.8, 4) is 6.07 Å². The molecular weight excluding hydrogens is 330 g/mol. The van der Waals surface area contributed by atoms with Gasteiger partial charge in [-0.05, 0) is 26.0 Å². The molecule has 140 valence electrons. The quantitative estimate of drug-likeness (QED) is 0.825. The Bertz CT molecular complexity index is 639. The van der Waals surface area contributed by atoms with Crippen LogP contribution in [-0.2, 0) is 4.74 Å². The van der Waals surface area contributed by atoms with E-state index in [9.17, 15) is 4.79 Å². The van der Waals surface area contributed by atoms with Gasteiger partial charge in [-0.3, -0.25) is 4.90 Å². The fraction of sp³-hybridized carbons (Fsp3) is 0.632. The number of piperidine rings is 1. The molecule has 0 bridgehead atoms. The van der Waals surface area contributed by atoms with Crippen LogP contribution in [0.4, 0.5) is 10.6 Å². The van der Waals surface area contributed by atoms with E-state index in [4.69, 9.17) is 10.00 Å². The molecule has 0 unspecified atom stereocenters. The van der Waals surface area contributed by atoms with Gasteiger partial charge in [-0.25, -0.2) is 9.78 Å². The van der Waals surface area contributed by atoms with E-state index in [-0.39, 0.29) is 12.2 Å². The SMILES string of the molecule is CC(C)N1CCN(C(=O)OC2CCN(c3ccc(C#N)cn3)CC2)CC1. The molecule has 2 saturated heterocycles. The molecule has 0 atom stereocenters. The number of rotatable bonds is 3. The van der Waals surface area contributed by atoms with E-state index in [1.165, 1.54) is 0 Å². The maximum Gasteiger partial charge on any atom is 0.410 e. The monoisotopic (exact) mass is 357 g/mol. The van der Waals surface area contributed by atoms with Gasteiger partial charge in [0.1, 0.15) is 18.0 Å². The fourth-order valence-electron chi connectivity index (χ4n) is 3.48. The van der Waals surface area contributed by atoms with Gasteiger partial charge in [0.25, 0.3) is 0 Å². The first-order chi connectivity index (χ1) is 12.6. The highest BCUT2D eigenvalue weighted by Crippen LogP contribution is 2.20. The predicted molar refractivity (Wildman–Crippen MR) is 99.0 cm³/mol. The van der Waals surface area contributed by atoms with Crippen LogP contribution in [0.5, 0.6) is 0 Å². The van der Waals surface area contributed by atoms with Crippen molar-refractivity contribution < 1.29 is 9.53 Å². The Morgan fingerprint density at radius 3 is 2.42 bits per heavy atom. The van der Waals surface area contributed by atoms with Gasteiger partial charge in [0.15, 0.2) is 0 Å². The number of carbonyl (C=O) groups excluding carboxylic acids is 1. The van der Waals surface area contributed by atoms with Crippen LogP contribution in [0.25, 0.3) is 0 Å². The predicted octanol–water partition coefficient (Wildman–Crippen LogP) is 2.08. The van der Waals surface area contributed by atoms with Crippen LogP contribution in [0.2, 0.25) is 0 Å². The lowest BCUT2D eigenvalue weighted by atomic mass is 10.1. The van der Waals surface area contributed by atoms with Crippen molar-refractivity contribution in [2.45, 2.75) is 38.8 Å². The van der Waals surface area contributed by atoms with Gasteiger partial charge in [-0.2, -0.15) is 5.26 Å². The normalized spacial score (nSPS) is 19.5. The number of amides is 1. The Morgan fingerprint density at radius 1 is 1.19 bits per heavy atom. The first-order valence-corrected chi connectivity index (χ1v) is 9.37. The van der Waals surface area contributed by atoms with Crippen LogP contribution in [-0.4, -0.2) is 72.3 Å². The summed E-state index contributed by atoms with van der Waals surface area (Å²) >= 11 is 0. The Labute approximate surface area is 155 Å². The Balaban J connectivity index is 1.43. The molecule has 3 heterocycles. The molecule has 0 aromatic carbocycles. The molecule has 0 N–H and O–H groups in total. The summed E-state index contributed by atoms with van der Waals surface area (Å²) in [6, 6.07) is 6.26. The minimum absolute atomic E-state index is 0.0275. The Kier molecular flexibility index (Phi) is 5.94. The number of nitrogens with zero attached hydrogens (tertiary/aromatic N) is 5. The molecule has 26 heavy (non-hydrogen) atoms. The smallest absolute Gasteiger partial charge is 0.410 e. The minimum Gasteiger partial charge on any atom is -0.446 e. The minimum atomic E-state index is -0.177. The van der Waals surface area contributed by atoms with E-state index >= 15 is 0 Å². The van der Waals surface area contributed by atoms with E-state index in [1.54, 1.807) is 12.3 Å². The summed E-state index contributed by atoms with van der Waals surface area (Å²) in [5.74, 6) is 0.874. The standard InChI is InChI=1S/C19H27N5O2/c1-15(2)22-9-11-24(12-10-22)19(25)26-17-5-7-23(8-6-17)18-4-3-16(13-20)14-21-18/h3-4,14-15,17H,5-12H2,1-2H3. The number of aromatic nitrogens is 1. The highest BCUT2D eigenvalue weighted by Gasteiger charge is 2.28. The average molecular weight is 357 g/mol. The molecule has 0 saturated carbocycles. The van der Waals surface area contributed by atoms with Crippen molar-refractivity contribution in [3.05, 3.63) is 23.9 Å². The van der Waals surface area contributed by atoms with E-state index in [1.807, 2.05) is 11.0 Å². The lowest BCUT2D eigenvalue weighted by molar-refractivity contribution is 0.0337. The third-order valence-corrected chi connectivity index (χ3v) is 5.21. The molecule has 7 heteroatoms. The van der Waals surface area contributed by atoms with Crippen LogP contribution in [0.1, 0.15) is 32.3 Å². The van der Waals surface area contributed by atoms with Gasteiger partial charge in [-0.15, -0.1) is 0 Å². The van der Waals surface area contributed by atoms with Gasteiger partial charge in [0.05, 0.1) is 5.56 Å². The Morgan fingerprint density at radius 2 is 1.88 bits per heavy atom. The van der Waals surface area contributed by atoms with Crippen molar-refractivity contribution in [2.24, 2.45) is 0 Å². The maximum absolute atomic E-state index is 12.4. The van der Waals surface area contributed by atoms with Crippen molar-refractivity contribution in [1.29, 1.82) is 5.26 Å². The van der Waals surface area contributed by atoms with E-state index in [2.05, 4.69) is 34.7 Å². The maximum atomic E-state index is 12.4. The van der Waals surface area contributed by atoms with E-state index in [0.717, 1.165) is 57.9 Å². The summed E-state index contributed by atoms with van der Waals surface area (Å²) in [5.41, 5.74) is 0.565. The first kappa shape index (κ1) is 18.5. The van der Waals surface area contributed by atoms with Crippen molar-refractivity contribution in [3.63, 3.8) is 0 Å². The van der Waals surface area contributed by atoms with Gasteiger partial charge < -0.3 is 14.5 Å². The summed E-state index contributed by atoms with van der Waals surface area (Å²) in [5, 5.41) is 8.85. The number of pyridine rings is 1. The largest absolute Gasteiger partial charge is 0.446 e. The number of ether oxygens (including phenoxy) is 1. The number of nitriles is 1. The second-order valence-electron chi connectivity index (χ2n) is 7.20. The van der Waals surface area contributed by atoms with Gasteiger partial charge in [-0.1, -0.05) is 0 Å². The molecule has 0 aliphatic carbocycles. The van der Waals surface area contributed by atoms with Crippen LogP contribution in [0, 0.1) is 11.3 Å². The summed E-state index contributed by atoms with van der Waals surface area (Å²) in [4.78, 5) is 23.1. The van der Waals surface area contributed by atoms with Crippen molar-refractivity contribution >= 4 is 11.9 Å². The Hall–Kier alpha value is -2.33. The lowest BCUT2D eigenvalue weighted by Gasteiger charge is -2.38. The zero-order chi connectivity index (χ0) is 18.5. The molecule has 1 aromatic rings. The third-order valence-electron chi connectivity index (χ3n) is 5.21. The first-order valence-electron chi connectivity index (χ1n) is 9.37. The van der Waals surface area contributed by atoms with Crippen LogP contribution in [0.15, 0.2) is 18.3 Å². The van der Waals surface area contributed by atoms with Crippen LogP contribution >= 0.6 is 0 Å². The molecule has 3 rings (SSSR count). The third kappa shape index (κ3) is 4.44. The van der Waals surface area contributed by atoms with Gasteiger partial charge in [0, 0.05) is 64.3 Å². The van der Waals surface area contributed by atoms with E-state index in [0.29, 0.717) is 11.6 Å². The summed E-state index contributed by atoms with van der Waals surface area (Å²) < 4.78 is 5.73. The molecule has 2 aliphatic heterocycles. The van der Waals surface area contributed by atoms with Crippen molar-refractivity contribution in [1.82, 2.24) is 14.8 Å². The number of hydrogen-bond donors (Lipinski definition) is 0. The lowest BCUT2D eigenvalue weighted by Crippen LogP contribution is -2.51. The number of piperazine rings is 1. The topological polar surface area (TPSA) is 72.7 Å². The van der Waals surface area contributed by atoms with E-state index < -0.39 is 0 Å². The fourth-order valence-corrected chi connectivity index (χ4v) is 3.48. The summed E-state index contributed by atoms with van der Waals surface area (Å²) in [6.07, 6.45) is 3.00. The molecule has 2 aliphatic rings. The second kappa shape index (κ2) is 8.37. The van der Waals surface area contributed by atoms with Crippen LogP contribution in [0.3, 0.4) is 0 Å². The zero-order valence-electron chi connectivity index (χ0n) is 15.6. The second-order valence-corrected chi connectivity index (χ2v) is 7.20. The number of carbonyl (C=O) groups is 1. The highest BCUT2D eigenvalue weighted by molar-refractivity contribution is 5.68. The number of anilines is 1. The van der Waals surface area contributed by atoms with Crippen molar-refractivity contribution in [2.75, 3.05) is 44.2 Å². The van der Waals surface area contributed by atoms with Crippen LogP contribution < -0.4 is 4.90 Å².